The van der Waals surface area contributed by atoms with Crippen LogP contribution >= 0.6 is 34.8 Å². The fourth-order valence-corrected chi connectivity index (χ4v) is 4.64. The molecule has 0 bridgehead atoms. The van der Waals surface area contributed by atoms with Crippen LogP contribution in [0.4, 0.5) is 11.4 Å². The highest BCUT2D eigenvalue weighted by atomic mass is 127. The summed E-state index contributed by atoms with van der Waals surface area (Å²) >= 11 is 7.33. The molecular weight excluding hydrogens is 609 g/mol. The molecule has 0 radical (unpaired) electrons. The molecule has 0 atom stereocenters. The number of nitro benzene ring substituents is 1. The smallest absolute Gasteiger partial charge is 0.270 e. The number of non-ortho nitro benzene ring substituents is 1. The fraction of sp³-hybridized carbons (Fsp3) is 0.115. The summed E-state index contributed by atoms with van der Waals surface area (Å²) in [5, 5.41) is 13.5. The summed E-state index contributed by atoms with van der Waals surface area (Å²) in [5.41, 5.74) is 1.78. The highest BCUT2D eigenvalue weighted by molar-refractivity contribution is 14.1. The second-order valence-corrected chi connectivity index (χ2v) is 9.32. The molecule has 188 valence electrons. The van der Waals surface area contributed by atoms with Gasteiger partial charge in [0.05, 0.1) is 20.8 Å². The number of para-hydroxylation sites is 1. The van der Waals surface area contributed by atoms with Crippen molar-refractivity contribution in [1.82, 2.24) is 5.32 Å². The number of amides is 2. The number of nitrogens with zero attached hydrogens (tertiary/aromatic N) is 2. The van der Waals surface area contributed by atoms with E-state index in [1.54, 1.807) is 48.5 Å². The lowest BCUT2D eigenvalue weighted by Gasteiger charge is -2.28. The van der Waals surface area contributed by atoms with Crippen LogP contribution < -0.4 is 19.7 Å². The Kier molecular flexibility index (Phi) is 8.14. The largest absolute Gasteiger partial charge is 0.490 e. The van der Waals surface area contributed by atoms with E-state index in [0.717, 1.165) is 5.56 Å². The number of nitrogens with one attached hydrogen (secondary N) is 1. The van der Waals surface area contributed by atoms with Crippen molar-refractivity contribution < 1.29 is 24.0 Å². The molecule has 0 aliphatic carbocycles. The number of carbonyl (C=O) groups is 2. The normalized spacial score (nSPS) is 14.5. The number of anilines is 1. The van der Waals surface area contributed by atoms with E-state index in [9.17, 15) is 19.7 Å². The number of nitro groups is 1. The number of thiocarbonyl (C=S) groups is 1. The number of benzene rings is 3. The molecule has 1 saturated heterocycles. The zero-order valence-corrected chi connectivity index (χ0v) is 22.4. The zero-order valence-electron chi connectivity index (χ0n) is 19.5. The summed E-state index contributed by atoms with van der Waals surface area (Å²) in [4.78, 5) is 37.6. The second-order valence-electron chi connectivity index (χ2n) is 7.77. The number of halogens is 1. The highest BCUT2D eigenvalue weighted by Gasteiger charge is 2.34. The maximum Gasteiger partial charge on any atom is 0.270 e. The van der Waals surface area contributed by atoms with Crippen LogP contribution in [0.15, 0.2) is 72.3 Å². The lowest BCUT2D eigenvalue weighted by molar-refractivity contribution is -0.384. The monoisotopic (exact) mass is 629 g/mol. The standard InChI is InChI=1S/C26H20IN3O6S/c1-2-35-22-14-17(13-21(27)23(22)36-15-16-8-10-19(11-9-16)30(33)34)12-20-24(31)28-26(37)29(25(20)32)18-6-4-3-5-7-18/h3-14H,2,15H2,1H3,(H,28,31,37)/b20-12-. The summed E-state index contributed by atoms with van der Waals surface area (Å²) in [7, 11) is 0. The Morgan fingerprint density at radius 2 is 1.78 bits per heavy atom. The van der Waals surface area contributed by atoms with Gasteiger partial charge in [0.1, 0.15) is 12.2 Å². The minimum atomic E-state index is -0.589. The van der Waals surface area contributed by atoms with Crippen LogP contribution in [0.25, 0.3) is 6.08 Å². The first-order valence-corrected chi connectivity index (χ1v) is 12.6. The van der Waals surface area contributed by atoms with Gasteiger partial charge in [0, 0.05) is 12.1 Å². The Bertz CT molecular complexity index is 1410. The average Bonchev–Trinajstić information content (AvgIpc) is 2.87. The van der Waals surface area contributed by atoms with Gasteiger partial charge < -0.3 is 9.47 Å². The van der Waals surface area contributed by atoms with E-state index in [1.165, 1.54) is 23.1 Å². The van der Waals surface area contributed by atoms with E-state index in [1.807, 2.05) is 13.0 Å². The van der Waals surface area contributed by atoms with Crippen molar-refractivity contribution in [1.29, 1.82) is 0 Å². The summed E-state index contributed by atoms with van der Waals surface area (Å²) < 4.78 is 12.5. The summed E-state index contributed by atoms with van der Waals surface area (Å²) in [6, 6.07) is 18.4. The maximum atomic E-state index is 13.2. The molecular formula is C26H20IN3O6S. The SMILES string of the molecule is CCOc1cc(/C=C2/C(=O)NC(=S)N(c3ccccc3)C2=O)cc(I)c1OCc1ccc([N+](=O)[O-])cc1. The van der Waals surface area contributed by atoms with Crippen molar-refractivity contribution >= 4 is 69.2 Å². The van der Waals surface area contributed by atoms with Crippen LogP contribution in [0.3, 0.4) is 0 Å². The molecule has 3 aromatic carbocycles. The Balaban J connectivity index is 1.62. The summed E-state index contributed by atoms with van der Waals surface area (Å²) in [5.74, 6) is -0.211. The molecule has 1 aliphatic rings. The van der Waals surface area contributed by atoms with E-state index < -0.39 is 16.7 Å². The molecule has 11 heteroatoms. The van der Waals surface area contributed by atoms with E-state index >= 15 is 0 Å². The van der Waals surface area contributed by atoms with Gasteiger partial charge in [0.15, 0.2) is 16.6 Å². The quantitative estimate of drug-likeness (QED) is 0.0932. The Morgan fingerprint density at radius 1 is 1.08 bits per heavy atom. The molecule has 0 aromatic heterocycles. The molecule has 4 rings (SSSR count). The number of ether oxygens (including phenoxy) is 2. The summed E-state index contributed by atoms with van der Waals surface area (Å²) in [6.45, 7) is 2.35. The first kappa shape index (κ1) is 26.2. The third kappa shape index (κ3) is 5.94. The molecule has 2 amide bonds. The van der Waals surface area contributed by atoms with Crippen LogP contribution in [0.1, 0.15) is 18.1 Å². The molecule has 3 aromatic rings. The van der Waals surface area contributed by atoms with Crippen molar-refractivity contribution in [3.05, 3.63) is 97.1 Å². The van der Waals surface area contributed by atoms with Crippen LogP contribution in [0, 0.1) is 13.7 Å². The maximum absolute atomic E-state index is 13.2. The third-order valence-electron chi connectivity index (χ3n) is 5.29. The molecule has 0 spiro atoms. The van der Waals surface area contributed by atoms with Gasteiger partial charge in [-0.05, 0) is 95.3 Å². The van der Waals surface area contributed by atoms with Gasteiger partial charge in [-0.1, -0.05) is 18.2 Å². The zero-order chi connectivity index (χ0) is 26.5. The van der Waals surface area contributed by atoms with Crippen molar-refractivity contribution in [2.24, 2.45) is 0 Å². The number of rotatable bonds is 8. The molecule has 1 N–H and O–H groups in total. The van der Waals surface area contributed by atoms with E-state index in [0.29, 0.717) is 32.9 Å². The van der Waals surface area contributed by atoms with Gasteiger partial charge in [-0.2, -0.15) is 0 Å². The molecule has 37 heavy (non-hydrogen) atoms. The van der Waals surface area contributed by atoms with E-state index in [2.05, 4.69) is 27.9 Å². The van der Waals surface area contributed by atoms with Gasteiger partial charge >= 0.3 is 0 Å². The predicted octanol–water partition coefficient (Wildman–Crippen LogP) is 5.01. The molecule has 0 saturated carbocycles. The van der Waals surface area contributed by atoms with Gasteiger partial charge in [-0.3, -0.25) is 29.9 Å². The van der Waals surface area contributed by atoms with Gasteiger partial charge in [0.25, 0.3) is 17.5 Å². The van der Waals surface area contributed by atoms with Crippen molar-refractivity contribution in [2.45, 2.75) is 13.5 Å². The molecule has 1 aliphatic heterocycles. The minimum Gasteiger partial charge on any atom is -0.490 e. The van der Waals surface area contributed by atoms with E-state index in [4.69, 9.17) is 21.7 Å². The van der Waals surface area contributed by atoms with Crippen molar-refractivity contribution in [3.8, 4) is 11.5 Å². The van der Waals surface area contributed by atoms with Crippen LogP contribution in [0.2, 0.25) is 0 Å². The fourth-order valence-electron chi connectivity index (χ4n) is 3.58. The summed E-state index contributed by atoms with van der Waals surface area (Å²) in [6.07, 6.45) is 1.49. The average molecular weight is 629 g/mol. The van der Waals surface area contributed by atoms with Crippen molar-refractivity contribution in [3.63, 3.8) is 0 Å². The van der Waals surface area contributed by atoms with Gasteiger partial charge in [-0.25, -0.2) is 0 Å². The second kappa shape index (κ2) is 11.5. The van der Waals surface area contributed by atoms with Crippen LogP contribution in [0.5, 0.6) is 11.5 Å². The first-order chi connectivity index (χ1) is 17.8. The Hall–Kier alpha value is -3.84. The predicted molar refractivity (Wildman–Crippen MR) is 150 cm³/mol. The Labute approximate surface area is 231 Å². The Morgan fingerprint density at radius 3 is 2.43 bits per heavy atom. The first-order valence-electron chi connectivity index (χ1n) is 11.1. The number of carbonyl (C=O) groups excluding carboxylic acids is 2. The molecule has 1 heterocycles. The van der Waals surface area contributed by atoms with E-state index in [-0.39, 0.29) is 23.0 Å². The number of hydrogen-bond acceptors (Lipinski definition) is 7. The number of hydrogen-bond donors (Lipinski definition) is 1. The highest BCUT2D eigenvalue weighted by Crippen LogP contribution is 2.36. The minimum absolute atomic E-state index is 0.00128. The van der Waals surface area contributed by atoms with Gasteiger partial charge in [-0.15, -0.1) is 0 Å². The third-order valence-corrected chi connectivity index (χ3v) is 6.38. The lowest BCUT2D eigenvalue weighted by atomic mass is 10.1. The molecule has 9 nitrogen and oxygen atoms in total. The molecule has 0 unspecified atom stereocenters. The van der Waals surface area contributed by atoms with Gasteiger partial charge in [0.2, 0.25) is 0 Å². The topological polar surface area (TPSA) is 111 Å². The van der Waals surface area contributed by atoms with Crippen LogP contribution in [-0.2, 0) is 16.2 Å². The lowest BCUT2D eigenvalue weighted by Crippen LogP contribution is -2.54. The van der Waals surface area contributed by atoms with Crippen molar-refractivity contribution in [2.75, 3.05) is 11.5 Å². The van der Waals surface area contributed by atoms with Crippen LogP contribution in [-0.4, -0.2) is 28.5 Å². The molecule has 1 fully saturated rings.